The van der Waals surface area contributed by atoms with Crippen LogP contribution in [0.5, 0.6) is 0 Å². The van der Waals surface area contributed by atoms with E-state index in [0.29, 0.717) is 12.5 Å². The highest BCUT2D eigenvalue weighted by Crippen LogP contribution is 2.36. The van der Waals surface area contributed by atoms with Gasteiger partial charge >= 0.3 is 0 Å². The fourth-order valence-electron chi connectivity index (χ4n) is 3.54. The Labute approximate surface area is 189 Å². The summed E-state index contributed by atoms with van der Waals surface area (Å²) in [5.41, 5.74) is 3.61. The predicted molar refractivity (Wildman–Crippen MR) is 135 cm³/mol. The molecule has 0 aromatic heterocycles. The summed E-state index contributed by atoms with van der Waals surface area (Å²) in [7, 11) is 5.80. The molecule has 0 fully saturated rings. The maximum absolute atomic E-state index is 11.3. The van der Waals surface area contributed by atoms with Gasteiger partial charge in [-0.25, -0.2) is 0 Å². The zero-order chi connectivity index (χ0) is 21.5. The summed E-state index contributed by atoms with van der Waals surface area (Å²) in [4.78, 5) is 13.4. The molecule has 0 radical (unpaired) electrons. The average molecular weight is 519 g/mol. The Balaban J connectivity index is 1.79. The Bertz CT molecular complexity index is 911. The molecule has 1 aromatic carbocycles. The van der Waals surface area contributed by atoms with Crippen LogP contribution in [-0.4, -0.2) is 37.2 Å². The Morgan fingerprint density at radius 2 is 2.03 bits per heavy atom. The maximum atomic E-state index is 11.3. The highest BCUT2D eigenvalue weighted by Gasteiger charge is 2.31. The molecule has 0 saturated heterocycles. The Kier molecular flexibility index (Phi) is 7.90. The molecule has 1 aliphatic carbocycles. The van der Waals surface area contributed by atoms with Crippen molar-refractivity contribution in [2.24, 2.45) is 11.8 Å². The number of carbonyl (C=O) groups is 1. The normalized spacial score (nSPS) is 21.8. The third-order valence-electron chi connectivity index (χ3n) is 5.21. The molecular formula is C24H30IN3O2. The zero-order valence-electron chi connectivity index (χ0n) is 18.0. The number of methoxy groups -OCH3 is 1. The van der Waals surface area contributed by atoms with Gasteiger partial charge in [-0.05, 0) is 48.4 Å². The van der Waals surface area contributed by atoms with E-state index in [4.69, 9.17) is 4.74 Å². The van der Waals surface area contributed by atoms with Gasteiger partial charge in [-0.2, -0.15) is 0 Å². The summed E-state index contributed by atoms with van der Waals surface area (Å²) in [6.07, 6.45) is 13.8. The highest BCUT2D eigenvalue weighted by molar-refractivity contribution is 14.2. The third kappa shape index (κ3) is 5.84. The molecule has 1 aromatic rings. The lowest BCUT2D eigenvalue weighted by molar-refractivity contribution is -0.119. The van der Waals surface area contributed by atoms with Crippen LogP contribution < -0.4 is 13.7 Å². The first-order chi connectivity index (χ1) is 14.5. The topological polar surface area (TPSA) is 53.6 Å². The van der Waals surface area contributed by atoms with Crippen LogP contribution in [0.3, 0.4) is 0 Å². The molecule has 3 rings (SSSR count). The number of carbonyl (C=O) groups excluding carboxylic acids is 1. The van der Waals surface area contributed by atoms with Crippen molar-refractivity contribution in [3.8, 4) is 0 Å². The summed E-state index contributed by atoms with van der Waals surface area (Å²) in [6.45, 7) is 2.23. The molecule has 1 aliphatic heterocycles. The third-order valence-corrected chi connectivity index (χ3v) is 7.80. The van der Waals surface area contributed by atoms with E-state index < -0.39 is 0 Å². The van der Waals surface area contributed by atoms with Crippen LogP contribution in [0.4, 0.5) is 5.69 Å². The van der Waals surface area contributed by atoms with Crippen molar-refractivity contribution in [3.05, 3.63) is 71.7 Å². The molecule has 1 heterocycles. The Hall–Kier alpha value is -2.35. The van der Waals surface area contributed by atoms with E-state index in [1.54, 1.807) is 14.0 Å². The molecule has 2 aliphatic rings. The van der Waals surface area contributed by atoms with Gasteiger partial charge in [-0.15, -0.1) is 0 Å². The lowest BCUT2D eigenvalue weighted by Crippen LogP contribution is -2.34. The van der Waals surface area contributed by atoms with Crippen molar-refractivity contribution in [1.29, 1.82) is 0 Å². The van der Waals surface area contributed by atoms with E-state index in [1.165, 1.54) is 20.5 Å². The molecule has 0 saturated carbocycles. The van der Waals surface area contributed by atoms with E-state index in [0.717, 1.165) is 12.2 Å². The smallest absolute Gasteiger partial charge is 0.216 e. The van der Waals surface area contributed by atoms with E-state index in [1.807, 2.05) is 20.2 Å². The van der Waals surface area contributed by atoms with E-state index in [2.05, 4.69) is 68.4 Å². The van der Waals surface area contributed by atoms with Gasteiger partial charge in [-0.1, -0.05) is 24.3 Å². The maximum Gasteiger partial charge on any atom is 0.216 e. The van der Waals surface area contributed by atoms with Gasteiger partial charge < -0.3 is 18.5 Å². The molecule has 0 spiro atoms. The number of ether oxygens (including phenoxy) is 1. The molecule has 160 valence electrons. The number of halogens is 1. The van der Waals surface area contributed by atoms with Gasteiger partial charge in [0.05, 0.1) is 7.11 Å². The van der Waals surface area contributed by atoms with Crippen molar-refractivity contribution in [2.75, 3.05) is 32.6 Å². The van der Waals surface area contributed by atoms with Crippen LogP contribution >= 0.6 is 21.0 Å². The molecule has 2 N–H and O–H groups in total. The van der Waals surface area contributed by atoms with E-state index in [-0.39, 0.29) is 32.8 Å². The number of nitrogens with one attached hydrogen (secondary N) is 2. The minimum absolute atomic E-state index is 0.0126. The number of benzene rings is 1. The first kappa shape index (κ1) is 22.3. The highest BCUT2D eigenvalue weighted by atomic mass is 127. The number of hydrogen-bond donors (Lipinski definition) is 2. The monoisotopic (exact) mass is 519 g/mol. The van der Waals surface area contributed by atoms with Gasteiger partial charge in [0.25, 0.3) is 0 Å². The first-order valence-corrected chi connectivity index (χ1v) is 12.2. The van der Waals surface area contributed by atoms with Crippen molar-refractivity contribution in [3.63, 3.8) is 0 Å². The second kappa shape index (κ2) is 10.6. The first-order valence-electron chi connectivity index (χ1n) is 10.1. The van der Waals surface area contributed by atoms with Crippen LogP contribution in [-0.2, 0) is 9.53 Å². The van der Waals surface area contributed by atoms with Crippen LogP contribution in [0.1, 0.15) is 18.9 Å². The fraction of sp³-hybridized carbons (Fsp3) is 0.333. The molecule has 5 nitrogen and oxygen atoms in total. The largest absolute Gasteiger partial charge is 0.497 e. The van der Waals surface area contributed by atoms with Gasteiger partial charge in [-0.3, -0.25) is 4.79 Å². The van der Waals surface area contributed by atoms with Gasteiger partial charge in [0.1, 0.15) is 5.76 Å². The number of allylic oxidation sites excluding steroid dienone is 6. The molecule has 2 atom stereocenters. The van der Waals surface area contributed by atoms with Crippen molar-refractivity contribution in [2.45, 2.75) is 13.3 Å². The number of hydrogen-bond acceptors (Lipinski definition) is 4. The summed E-state index contributed by atoms with van der Waals surface area (Å²) < 4.78 is 10.6. The molecule has 2 unspecified atom stereocenters. The summed E-state index contributed by atoms with van der Waals surface area (Å²) in [5, 5.41) is 2.94. The Morgan fingerprint density at radius 1 is 1.27 bits per heavy atom. The lowest BCUT2D eigenvalue weighted by Gasteiger charge is -2.33. The second-order valence-corrected chi connectivity index (χ2v) is 9.88. The number of amides is 1. The Morgan fingerprint density at radius 3 is 2.70 bits per heavy atom. The zero-order valence-corrected chi connectivity index (χ0v) is 20.1. The van der Waals surface area contributed by atoms with Crippen LogP contribution in [0, 0.1) is 11.8 Å². The molecular weight excluding hydrogens is 489 g/mol. The van der Waals surface area contributed by atoms with Crippen molar-refractivity contribution < 1.29 is 9.53 Å². The lowest BCUT2D eigenvalue weighted by atomic mass is 9.82. The minimum atomic E-state index is -0.268. The summed E-state index contributed by atoms with van der Waals surface area (Å²) in [6, 6.07) is 8.51. The number of rotatable bonds is 7. The van der Waals surface area contributed by atoms with Crippen LogP contribution in [0.2, 0.25) is 0 Å². The predicted octanol–water partition coefficient (Wildman–Crippen LogP) is 4.17. The van der Waals surface area contributed by atoms with E-state index >= 15 is 0 Å². The number of nitrogens with zero attached hydrogens (tertiary/aromatic N) is 1. The molecule has 1 amide bonds. The summed E-state index contributed by atoms with van der Waals surface area (Å²) in [5.74, 6) is 1.54. The van der Waals surface area contributed by atoms with Gasteiger partial charge in [0.2, 0.25) is 5.91 Å². The SMILES string of the molecule is COC1=CC2C(=IN/C(=C\C=C\c3ccc(N(C)C)cc3)C2CCNC(C)=O)C=C1. The molecule has 30 heavy (non-hydrogen) atoms. The van der Waals surface area contributed by atoms with Crippen molar-refractivity contribution in [1.82, 2.24) is 8.85 Å². The average Bonchev–Trinajstić information content (AvgIpc) is 2.74. The summed E-state index contributed by atoms with van der Waals surface area (Å²) >= 11 is -0.268. The quantitative estimate of drug-likeness (QED) is 0.420. The second-order valence-electron chi connectivity index (χ2n) is 7.55. The molecule has 0 bridgehead atoms. The number of anilines is 1. The van der Waals surface area contributed by atoms with Crippen LogP contribution in [0.15, 0.2) is 66.1 Å². The minimum Gasteiger partial charge on any atom is -0.497 e. The van der Waals surface area contributed by atoms with Gasteiger partial charge in [0, 0.05) is 75.3 Å². The van der Waals surface area contributed by atoms with Crippen molar-refractivity contribution >= 4 is 42.2 Å². The number of fused-ring (bicyclic) bond motifs is 1. The van der Waals surface area contributed by atoms with Crippen LogP contribution in [0.25, 0.3) is 6.08 Å². The molecule has 6 heteroatoms. The van der Waals surface area contributed by atoms with Gasteiger partial charge in [0.15, 0.2) is 0 Å². The fourth-order valence-corrected chi connectivity index (χ4v) is 6.07. The standard InChI is InChI=1S/C24H30IN3O2/c1-17(29)26-15-14-21-22-16-20(30-4)12-13-23(22)25-27-24(21)7-5-6-18-8-10-19(11-9-18)28(2)3/h5-13,16,21-22,27H,14-15H2,1-4H3,(H,26,29)/b6-5+,24-7-. The van der Waals surface area contributed by atoms with E-state index in [9.17, 15) is 4.79 Å².